The molecule has 2 aromatic heterocycles. The first-order valence-electron chi connectivity index (χ1n) is 7.29. The zero-order valence-electron chi connectivity index (χ0n) is 12.8. The van der Waals surface area contributed by atoms with Crippen LogP contribution in [0.1, 0.15) is 22.3 Å². The lowest BCUT2D eigenvalue weighted by atomic mass is 10.3. The predicted molar refractivity (Wildman–Crippen MR) is 96.1 cm³/mol. The third-order valence-corrected chi connectivity index (χ3v) is 4.99. The minimum Gasteiger partial charge on any atom is -0.332 e. The molecule has 5 nitrogen and oxygen atoms in total. The van der Waals surface area contributed by atoms with E-state index in [2.05, 4.69) is 10.3 Å². The second-order valence-electron chi connectivity index (χ2n) is 5.02. The second kappa shape index (κ2) is 7.34. The Kier molecular flexibility index (Phi) is 5.18. The van der Waals surface area contributed by atoms with Crippen LogP contribution in [0.3, 0.4) is 0 Å². The minimum absolute atomic E-state index is 0.180. The summed E-state index contributed by atoms with van der Waals surface area (Å²) in [6.07, 6.45) is 1.59. The monoisotopic (exact) mass is 380 g/mol. The van der Waals surface area contributed by atoms with Crippen LogP contribution in [0.15, 0.2) is 42.6 Å². The maximum Gasteiger partial charge on any atom is 0.276 e. The molecule has 0 saturated carbocycles. The van der Waals surface area contributed by atoms with Crippen molar-refractivity contribution in [2.24, 2.45) is 0 Å². The molecule has 0 aliphatic rings. The minimum atomic E-state index is -0.180. The van der Waals surface area contributed by atoms with Crippen molar-refractivity contribution in [1.29, 1.82) is 0 Å². The summed E-state index contributed by atoms with van der Waals surface area (Å²) in [6.45, 7) is 2.98. The molecule has 0 radical (unpaired) electrons. The van der Waals surface area contributed by atoms with Crippen LogP contribution in [-0.4, -0.2) is 32.3 Å². The summed E-state index contributed by atoms with van der Waals surface area (Å²) in [6, 6.07) is 11.0. The van der Waals surface area contributed by atoms with E-state index in [0.717, 1.165) is 4.88 Å². The maximum absolute atomic E-state index is 12.7. The molecular weight excluding hydrogens is 367 g/mol. The lowest BCUT2D eigenvalue weighted by Crippen LogP contribution is -2.30. The van der Waals surface area contributed by atoms with Crippen LogP contribution in [0.2, 0.25) is 9.36 Å². The number of nitrogens with zero attached hydrogens (tertiary/aromatic N) is 4. The molecule has 0 fully saturated rings. The number of carbonyl (C=O) groups is 1. The van der Waals surface area contributed by atoms with Crippen molar-refractivity contribution in [3.63, 3.8) is 0 Å². The van der Waals surface area contributed by atoms with Crippen molar-refractivity contribution in [2.75, 3.05) is 6.54 Å². The summed E-state index contributed by atoms with van der Waals surface area (Å²) < 4.78 is 2.21. The van der Waals surface area contributed by atoms with Crippen molar-refractivity contribution in [3.8, 4) is 5.69 Å². The van der Waals surface area contributed by atoms with Crippen molar-refractivity contribution in [3.05, 3.63) is 62.5 Å². The Morgan fingerprint density at radius 2 is 2.04 bits per heavy atom. The Bertz CT molecular complexity index is 861. The van der Waals surface area contributed by atoms with E-state index in [1.165, 1.54) is 16.0 Å². The van der Waals surface area contributed by atoms with Crippen LogP contribution >= 0.6 is 34.5 Å². The van der Waals surface area contributed by atoms with Gasteiger partial charge in [0.15, 0.2) is 5.69 Å². The first-order valence-corrected chi connectivity index (χ1v) is 8.86. The Labute approximate surface area is 153 Å². The summed E-state index contributed by atoms with van der Waals surface area (Å²) in [7, 11) is 0. The summed E-state index contributed by atoms with van der Waals surface area (Å²) in [5.41, 5.74) is 0.957. The molecule has 0 unspecified atom stereocenters. The van der Waals surface area contributed by atoms with E-state index in [9.17, 15) is 4.79 Å². The molecule has 0 atom stereocenters. The van der Waals surface area contributed by atoms with Crippen LogP contribution < -0.4 is 0 Å². The number of aromatic nitrogens is 3. The van der Waals surface area contributed by atoms with Crippen LogP contribution in [0.4, 0.5) is 0 Å². The summed E-state index contributed by atoms with van der Waals surface area (Å²) in [5.74, 6) is -0.180. The van der Waals surface area contributed by atoms with Crippen LogP contribution in [0, 0.1) is 0 Å². The van der Waals surface area contributed by atoms with Crippen molar-refractivity contribution in [2.45, 2.75) is 13.5 Å². The van der Waals surface area contributed by atoms with Gasteiger partial charge in [0.2, 0.25) is 0 Å². The van der Waals surface area contributed by atoms with E-state index in [1.807, 2.05) is 37.3 Å². The highest BCUT2D eigenvalue weighted by molar-refractivity contribution is 7.16. The lowest BCUT2D eigenvalue weighted by molar-refractivity contribution is 0.0748. The van der Waals surface area contributed by atoms with Crippen LogP contribution in [0.25, 0.3) is 5.69 Å². The lowest BCUT2D eigenvalue weighted by Gasteiger charge is -2.18. The first-order chi connectivity index (χ1) is 11.6. The third kappa shape index (κ3) is 3.61. The molecule has 1 amide bonds. The average Bonchev–Trinajstić information content (AvgIpc) is 3.21. The molecule has 3 rings (SSSR count). The topological polar surface area (TPSA) is 51.0 Å². The molecule has 0 bridgehead atoms. The average molecular weight is 381 g/mol. The molecule has 0 saturated heterocycles. The second-order valence-corrected chi connectivity index (χ2v) is 7.23. The van der Waals surface area contributed by atoms with E-state index in [4.69, 9.17) is 23.2 Å². The zero-order chi connectivity index (χ0) is 17.1. The van der Waals surface area contributed by atoms with Gasteiger partial charge in [-0.1, -0.05) is 40.5 Å². The van der Waals surface area contributed by atoms with Gasteiger partial charge in [-0.25, -0.2) is 4.68 Å². The molecule has 0 spiro atoms. The van der Waals surface area contributed by atoms with Gasteiger partial charge in [0, 0.05) is 11.4 Å². The van der Waals surface area contributed by atoms with Crippen molar-refractivity contribution < 1.29 is 4.79 Å². The fraction of sp³-hybridized carbons (Fsp3) is 0.188. The van der Waals surface area contributed by atoms with Gasteiger partial charge in [-0.15, -0.1) is 16.4 Å². The van der Waals surface area contributed by atoms with E-state index in [1.54, 1.807) is 17.2 Å². The number of halogens is 2. The highest BCUT2D eigenvalue weighted by atomic mass is 35.5. The molecule has 8 heteroatoms. The number of thiophene rings is 1. The molecule has 124 valence electrons. The fourth-order valence-corrected chi connectivity index (χ4v) is 3.56. The van der Waals surface area contributed by atoms with E-state index in [-0.39, 0.29) is 11.6 Å². The van der Waals surface area contributed by atoms with Crippen LogP contribution in [-0.2, 0) is 6.54 Å². The first kappa shape index (κ1) is 17.0. The zero-order valence-corrected chi connectivity index (χ0v) is 15.1. The number of hydrogen-bond donors (Lipinski definition) is 0. The van der Waals surface area contributed by atoms with Gasteiger partial charge in [0.05, 0.1) is 27.8 Å². The Hall–Kier alpha value is -1.89. The number of carbonyl (C=O) groups excluding carboxylic acids is 1. The normalized spacial score (nSPS) is 10.8. The molecular formula is C16H14Cl2N4OS. The summed E-state index contributed by atoms with van der Waals surface area (Å²) in [4.78, 5) is 15.4. The quantitative estimate of drug-likeness (QED) is 0.662. The largest absolute Gasteiger partial charge is 0.332 e. The van der Waals surface area contributed by atoms with Gasteiger partial charge in [0.1, 0.15) is 0 Å². The van der Waals surface area contributed by atoms with Crippen molar-refractivity contribution in [1.82, 2.24) is 19.9 Å². The van der Waals surface area contributed by atoms with Gasteiger partial charge >= 0.3 is 0 Å². The Morgan fingerprint density at radius 1 is 1.25 bits per heavy atom. The number of rotatable bonds is 5. The molecule has 2 heterocycles. The molecule has 0 aliphatic heterocycles. The summed E-state index contributed by atoms with van der Waals surface area (Å²) in [5, 5.41) is 8.55. The van der Waals surface area contributed by atoms with Crippen molar-refractivity contribution >= 4 is 40.4 Å². The molecule has 24 heavy (non-hydrogen) atoms. The van der Waals surface area contributed by atoms with E-state index < -0.39 is 0 Å². The molecule has 0 N–H and O–H groups in total. The number of benzene rings is 1. The SMILES string of the molecule is CCN(Cc1ccc(Cl)s1)C(=O)c1cn(-c2ccccc2Cl)nn1. The third-order valence-electron chi connectivity index (χ3n) is 3.46. The van der Waals surface area contributed by atoms with E-state index in [0.29, 0.717) is 28.1 Å². The predicted octanol–water partition coefficient (Wildman–Crippen LogP) is 4.30. The number of amides is 1. The van der Waals surface area contributed by atoms with Gasteiger partial charge in [-0.05, 0) is 31.2 Å². The van der Waals surface area contributed by atoms with E-state index >= 15 is 0 Å². The highest BCUT2D eigenvalue weighted by Gasteiger charge is 2.19. The molecule has 0 aliphatic carbocycles. The Morgan fingerprint density at radius 3 is 2.71 bits per heavy atom. The number of para-hydroxylation sites is 1. The maximum atomic E-state index is 12.7. The molecule has 3 aromatic rings. The number of hydrogen-bond acceptors (Lipinski definition) is 4. The standard InChI is InChI=1S/C16H14Cl2N4OS/c1-2-21(9-11-7-8-15(18)24-11)16(23)13-10-22(20-19-13)14-6-4-3-5-12(14)17/h3-8,10H,2,9H2,1H3. The fourth-order valence-electron chi connectivity index (χ4n) is 2.23. The van der Waals surface area contributed by atoms with Gasteiger partial charge in [-0.3, -0.25) is 4.79 Å². The van der Waals surface area contributed by atoms with Gasteiger partial charge in [0.25, 0.3) is 5.91 Å². The summed E-state index contributed by atoms with van der Waals surface area (Å²) >= 11 is 13.6. The van der Waals surface area contributed by atoms with Gasteiger partial charge < -0.3 is 4.90 Å². The Balaban J connectivity index is 1.80. The molecule has 1 aromatic carbocycles. The highest BCUT2D eigenvalue weighted by Crippen LogP contribution is 2.23. The smallest absolute Gasteiger partial charge is 0.276 e. The van der Waals surface area contributed by atoms with Gasteiger partial charge in [-0.2, -0.15) is 0 Å². The van der Waals surface area contributed by atoms with Crippen LogP contribution in [0.5, 0.6) is 0 Å².